The molecule has 2 aromatic carbocycles. The highest BCUT2D eigenvalue weighted by molar-refractivity contribution is 7.89. The number of carbonyl (C=O) groups is 1. The molecule has 0 aromatic heterocycles. The zero-order chi connectivity index (χ0) is 23.3. The molecular weight excluding hydrogens is 438 g/mol. The number of sulfonamides is 1. The summed E-state index contributed by atoms with van der Waals surface area (Å²) in [6, 6.07) is 14.6. The van der Waals surface area contributed by atoms with Gasteiger partial charge in [0.05, 0.1) is 12.0 Å². The maximum Gasteiger partial charge on any atom is 0.243 e. The highest BCUT2D eigenvalue weighted by atomic mass is 32.2. The van der Waals surface area contributed by atoms with Gasteiger partial charge < -0.3 is 10.1 Å². The molecule has 178 valence electrons. The van der Waals surface area contributed by atoms with E-state index in [4.69, 9.17) is 4.74 Å². The van der Waals surface area contributed by atoms with Gasteiger partial charge in [0.15, 0.2) is 0 Å². The fourth-order valence-corrected chi connectivity index (χ4v) is 6.11. The molecule has 0 aliphatic carbocycles. The summed E-state index contributed by atoms with van der Waals surface area (Å²) in [5.74, 6) is 0.822. The predicted molar refractivity (Wildman–Crippen MR) is 129 cm³/mol. The number of ether oxygens (including phenoxy) is 1. The van der Waals surface area contributed by atoms with Gasteiger partial charge in [0.1, 0.15) is 5.75 Å². The molecule has 0 saturated carbocycles. The van der Waals surface area contributed by atoms with Gasteiger partial charge in [0, 0.05) is 31.2 Å². The Morgan fingerprint density at radius 1 is 1.00 bits per heavy atom. The molecule has 0 atom stereocenters. The van der Waals surface area contributed by atoms with Crippen molar-refractivity contribution in [2.24, 2.45) is 5.92 Å². The lowest BCUT2D eigenvalue weighted by atomic mass is 9.95. The number of piperidine rings is 2. The summed E-state index contributed by atoms with van der Waals surface area (Å²) >= 11 is 0. The fourth-order valence-electron chi connectivity index (χ4n) is 4.59. The molecule has 2 aliphatic rings. The molecule has 1 N–H and O–H groups in total. The van der Waals surface area contributed by atoms with Crippen LogP contribution in [-0.2, 0) is 21.4 Å². The van der Waals surface area contributed by atoms with Crippen LogP contribution in [0.4, 0.5) is 5.69 Å². The number of hydrogen-bond donors (Lipinski definition) is 1. The molecule has 33 heavy (non-hydrogen) atoms. The third-order valence-corrected chi connectivity index (χ3v) is 8.49. The van der Waals surface area contributed by atoms with Crippen molar-refractivity contribution < 1.29 is 17.9 Å². The summed E-state index contributed by atoms with van der Waals surface area (Å²) in [7, 11) is -1.79. The molecule has 0 bridgehead atoms. The van der Waals surface area contributed by atoms with Crippen molar-refractivity contribution in [1.82, 2.24) is 9.21 Å². The Hall–Kier alpha value is -2.42. The summed E-state index contributed by atoms with van der Waals surface area (Å²) in [4.78, 5) is 15.4. The predicted octanol–water partition coefficient (Wildman–Crippen LogP) is 3.72. The first-order chi connectivity index (χ1) is 16.0. The number of carbonyl (C=O) groups excluding carboxylic acids is 1. The van der Waals surface area contributed by atoms with Crippen LogP contribution in [0.5, 0.6) is 5.75 Å². The number of nitrogens with zero attached hydrogens (tertiary/aromatic N) is 2. The number of methoxy groups -OCH3 is 1. The first-order valence-corrected chi connectivity index (χ1v) is 13.2. The van der Waals surface area contributed by atoms with Crippen molar-refractivity contribution in [2.75, 3.05) is 38.6 Å². The van der Waals surface area contributed by atoms with Crippen molar-refractivity contribution in [3.05, 3.63) is 54.1 Å². The molecule has 2 fully saturated rings. The average Bonchev–Trinajstić information content (AvgIpc) is 2.85. The van der Waals surface area contributed by atoms with Gasteiger partial charge in [0.2, 0.25) is 15.9 Å². The van der Waals surface area contributed by atoms with E-state index >= 15 is 0 Å². The van der Waals surface area contributed by atoms with Crippen LogP contribution in [-0.4, -0.2) is 56.8 Å². The molecule has 2 aromatic rings. The van der Waals surface area contributed by atoms with Crippen molar-refractivity contribution in [2.45, 2.75) is 43.5 Å². The van der Waals surface area contributed by atoms with Gasteiger partial charge in [-0.2, -0.15) is 4.31 Å². The first kappa shape index (κ1) is 23.7. The molecule has 2 saturated heterocycles. The van der Waals surface area contributed by atoms with E-state index in [0.717, 1.165) is 57.5 Å². The molecule has 4 rings (SSSR count). The second-order valence-corrected chi connectivity index (χ2v) is 10.8. The second-order valence-electron chi connectivity index (χ2n) is 8.88. The SMILES string of the molecule is COc1cccc(CN2CCC(C(=O)Nc3ccc(S(=O)(=O)N4CCCCC4)cc3)CC2)c1. The molecule has 0 radical (unpaired) electrons. The highest BCUT2D eigenvalue weighted by Crippen LogP contribution is 2.24. The topological polar surface area (TPSA) is 79.0 Å². The van der Waals surface area contributed by atoms with Crippen LogP contribution >= 0.6 is 0 Å². The Morgan fingerprint density at radius 2 is 1.70 bits per heavy atom. The quantitative estimate of drug-likeness (QED) is 0.666. The van der Waals surface area contributed by atoms with Crippen LogP contribution in [0.15, 0.2) is 53.4 Å². The molecular formula is C25H33N3O4S. The third kappa shape index (κ3) is 5.93. The van der Waals surface area contributed by atoms with Crippen LogP contribution in [0, 0.1) is 5.92 Å². The monoisotopic (exact) mass is 471 g/mol. The number of nitrogens with one attached hydrogen (secondary N) is 1. The Balaban J connectivity index is 1.28. The Morgan fingerprint density at radius 3 is 2.36 bits per heavy atom. The minimum absolute atomic E-state index is 0.00247. The number of likely N-dealkylation sites (tertiary alicyclic amines) is 1. The number of rotatable bonds is 7. The van der Waals surface area contributed by atoms with E-state index in [0.29, 0.717) is 18.8 Å². The smallest absolute Gasteiger partial charge is 0.243 e. The minimum Gasteiger partial charge on any atom is -0.497 e. The highest BCUT2D eigenvalue weighted by Gasteiger charge is 2.27. The van der Waals surface area contributed by atoms with Crippen LogP contribution in [0.3, 0.4) is 0 Å². The average molecular weight is 472 g/mol. The van der Waals surface area contributed by atoms with Crippen molar-refractivity contribution in [3.63, 3.8) is 0 Å². The Bertz CT molecular complexity index is 1040. The lowest BCUT2D eigenvalue weighted by molar-refractivity contribution is -0.121. The standard InChI is InChI=1S/C25H33N3O4S/c1-32-23-7-5-6-20(18-23)19-27-16-12-21(13-17-27)25(29)26-22-8-10-24(11-9-22)33(30,31)28-14-3-2-4-15-28/h5-11,18,21H,2-4,12-17,19H2,1H3,(H,26,29). The third-order valence-electron chi connectivity index (χ3n) is 6.57. The van der Waals surface area contributed by atoms with Gasteiger partial charge in [-0.25, -0.2) is 8.42 Å². The van der Waals surface area contributed by atoms with Crippen molar-refractivity contribution >= 4 is 21.6 Å². The first-order valence-electron chi connectivity index (χ1n) is 11.7. The van der Waals surface area contributed by atoms with E-state index in [2.05, 4.69) is 16.3 Å². The molecule has 7 nitrogen and oxygen atoms in total. The van der Waals surface area contributed by atoms with E-state index in [1.807, 2.05) is 18.2 Å². The minimum atomic E-state index is -3.46. The van der Waals surface area contributed by atoms with Gasteiger partial charge in [-0.15, -0.1) is 0 Å². The van der Waals surface area contributed by atoms with E-state index in [-0.39, 0.29) is 16.7 Å². The van der Waals surface area contributed by atoms with E-state index in [9.17, 15) is 13.2 Å². The lowest BCUT2D eigenvalue weighted by Crippen LogP contribution is -2.37. The van der Waals surface area contributed by atoms with E-state index in [1.165, 1.54) is 5.56 Å². The lowest BCUT2D eigenvalue weighted by Gasteiger charge is -2.31. The zero-order valence-electron chi connectivity index (χ0n) is 19.2. The molecule has 1 amide bonds. The maximum atomic E-state index is 12.8. The maximum absolute atomic E-state index is 12.8. The van der Waals surface area contributed by atoms with E-state index < -0.39 is 10.0 Å². The van der Waals surface area contributed by atoms with Gasteiger partial charge >= 0.3 is 0 Å². The Labute approximate surface area is 196 Å². The fraction of sp³-hybridized carbons (Fsp3) is 0.480. The molecule has 0 spiro atoms. The Kier molecular flexibility index (Phi) is 7.67. The summed E-state index contributed by atoms with van der Waals surface area (Å²) in [5.41, 5.74) is 1.84. The summed E-state index contributed by atoms with van der Waals surface area (Å²) in [6.07, 6.45) is 4.50. The molecule has 8 heteroatoms. The zero-order valence-corrected chi connectivity index (χ0v) is 20.0. The van der Waals surface area contributed by atoms with Gasteiger partial charge in [-0.05, 0) is 80.7 Å². The molecule has 2 aliphatic heterocycles. The molecule has 0 unspecified atom stereocenters. The van der Waals surface area contributed by atoms with Gasteiger partial charge in [0.25, 0.3) is 0 Å². The largest absolute Gasteiger partial charge is 0.497 e. The van der Waals surface area contributed by atoms with Crippen molar-refractivity contribution in [1.29, 1.82) is 0 Å². The van der Waals surface area contributed by atoms with Crippen molar-refractivity contribution in [3.8, 4) is 5.75 Å². The number of hydrogen-bond acceptors (Lipinski definition) is 5. The van der Waals surface area contributed by atoms with Gasteiger partial charge in [-0.1, -0.05) is 18.6 Å². The van der Waals surface area contributed by atoms with Crippen LogP contribution < -0.4 is 10.1 Å². The van der Waals surface area contributed by atoms with E-state index in [1.54, 1.807) is 35.7 Å². The number of anilines is 1. The summed E-state index contributed by atoms with van der Waals surface area (Å²) < 4.78 is 32.4. The normalized spacial score (nSPS) is 18.7. The number of amides is 1. The van der Waals surface area contributed by atoms with Crippen LogP contribution in [0.2, 0.25) is 0 Å². The van der Waals surface area contributed by atoms with Crippen LogP contribution in [0.1, 0.15) is 37.7 Å². The number of benzene rings is 2. The molecule has 2 heterocycles. The summed E-state index contributed by atoms with van der Waals surface area (Å²) in [6.45, 7) is 3.73. The summed E-state index contributed by atoms with van der Waals surface area (Å²) in [5, 5.41) is 2.97. The van der Waals surface area contributed by atoms with Crippen LogP contribution in [0.25, 0.3) is 0 Å². The van der Waals surface area contributed by atoms with Gasteiger partial charge in [-0.3, -0.25) is 9.69 Å². The second kappa shape index (κ2) is 10.7.